The quantitative estimate of drug-likeness (QED) is 0.156. The van der Waals surface area contributed by atoms with Crippen LogP contribution in [0.1, 0.15) is 0 Å². The van der Waals surface area contributed by atoms with E-state index in [2.05, 4.69) is 75.8 Å². The number of rotatable bonds is 0. The van der Waals surface area contributed by atoms with Crippen LogP contribution in [0, 0.1) is 64.0 Å². The van der Waals surface area contributed by atoms with Crippen LogP contribution in [-0.2, 0) is 95.3 Å². The molecule has 0 aliphatic heterocycles. The van der Waals surface area contributed by atoms with Crippen LogP contribution in [0.4, 0.5) is 0 Å². The Labute approximate surface area is 305 Å². The average Bonchev–Trinajstić information content (AvgIpc) is 2.23. The molecule has 0 unspecified atom stereocenters. The number of hydrogen-bond acceptors (Lipinski definition) is 12. The normalized spacial score (nSPS) is 1.91. The average molecular weight is 567 g/mol. The van der Waals surface area contributed by atoms with Crippen LogP contribution in [0.5, 0.6) is 0 Å². The molecule has 0 aromatic heterocycles. The Kier molecular flexibility index (Phi) is 423. The molecule has 0 aromatic carbocycles. The van der Waals surface area contributed by atoms with E-state index in [0.29, 0.717) is 0 Å². The molecule has 16 heteroatoms. The molecule has 0 aliphatic carbocycles. The van der Waals surface area contributed by atoms with Crippen molar-refractivity contribution in [3.8, 4) is 32.4 Å². The van der Waals surface area contributed by atoms with E-state index in [-0.39, 0.29) is 174 Å². The molecule has 0 spiro atoms. The Morgan fingerprint density at radius 3 is 0.364 bits per heavy atom. The molecule has 0 rings (SSSR count). The van der Waals surface area contributed by atoms with E-state index in [1.165, 1.54) is 32.4 Å². The molecule has 101 valence electrons. The van der Waals surface area contributed by atoms with Crippen molar-refractivity contribution in [2.24, 2.45) is 0 Å². The van der Waals surface area contributed by atoms with Crippen molar-refractivity contribution >= 4 is 75.8 Å². The van der Waals surface area contributed by atoms with Crippen molar-refractivity contribution in [3.63, 3.8) is 0 Å². The van der Waals surface area contributed by atoms with Crippen LogP contribution in [0.25, 0.3) is 0 Å². The van der Waals surface area contributed by atoms with E-state index < -0.39 is 0 Å². The largest absolute Gasteiger partial charge is 3.00 e. The number of nitriles is 6. The van der Waals surface area contributed by atoms with Crippen LogP contribution >= 0.6 is 0 Å². The van der Waals surface area contributed by atoms with Gasteiger partial charge in [-0.05, 0) is 0 Å². The summed E-state index contributed by atoms with van der Waals surface area (Å²) in [5.41, 5.74) is 0. The summed E-state index contributed by atoms with van der Waals surface area (Å²) in [5.74, 6) is 0. The number of thiocyanates is 6. The van der Waals surface area contributed by atoms with Gasteiger partial charge < -0.3 is 75.8 Å². The Balaban J connectivity index is -0.00000000947. The molecule has 1 radical (unpaired) electrons. The van der Waals surface area contributed by atoms with Crippen molar-refractivity contribution in [2.45, 2.75) is 0 Å². The second-order valence-corrected chi connectivity index (χ2v) is 1.64. The number of hydrogen-bond donors (Lipinski definition) is 0. The molecule has 0 saturated heterocycles. The zero-order chi connectivity index (χ0) is 16.2. The van der Waals surface area contributed by atoms with Crippen molar-refractivity contribution in [1.29, 1.82) is 31.6 Å². The summed E-state index contributed by atoms with van der Waals surface area (Å²) in [4.78, 5) is 0. The Morgan fingerprint density at radius 1 is 0.364 bits per heavy atom. The van der Waals surface area contributed by atoms with Gasteiger partial charge in [-0.3, -0.25) is 0 Å². The standard InChI is InChI=1S/6CHNS.3K.Ru/c6*2-1-3;;;;/h6*3H;;;;/q;;;;;;3*+1;+3/p-6. The first-order valence-corrected chi connectivity index (χ1v) is 5.02. The predicted molar refractivity (Wildman–Crippen MR) is 77.9 cm³/mol. The summed E-state index contributed by atoms with van der Waals surface area (Å²) >= 11 is 22.2. The molecular formula is C6K3N6RuS6. The summed E-state index contributed by atoms with van der Waals surface area (Å²) in [5, 5.41) is 50.8. The van der Waals surface area contributed by atoms with E-state index in [4.69, 9.17) is 31.6 Å². The fourth-order valence-corrected chi connectivity index (χ4v) is 0. The first kappa shape index (κ1) is 63.6. The van der Waals surface area contributed by atoms with E-state index >= 15 is 0 Å². The van der Waals surface area contributed by atoms with Crippen LogP contribution in [-0.4, -0.2) is 0 Å². The summed E-state index contributed by atoms with van der Waals surface area (Å²) in [6, 6.07) is 0. The van der Waals surface area contributed by atoms with Crippen molar-refractivity contribution in [1.82, 2.24) is 0 Å². The zero-order valence-electron chi connectivity index (χ0n) is 11.5. The van der Waals surface area contributed by atoms with Gasteiger partial charge in [-0.1, -0.05) is 32.4 Å². The number of nitrogens with zero attached hydrogens (tertiary/aromatic N) is 6. The molecule has 0 atom stereocenters. The molecule has 0 fully saturated rings. The van der Waals surface area contributed by atoms with Gasteiger partial charge in [-0.25, -0.2) is 31.6 Å². The van der Waals surface area contributed by atoms with Crippen LogP contribution in [0.15, 0.2) is 0 Å². The second-order valence-electron chi connectivity index (χ2n) is 0.548. The third-order valence-corrected chi connectivity index (χ3v) is 0. The Morgan fingerprint density at radius 2 is 0.364 bits per heavy atom. The molecule has 0 saturated carbocycles. The minimum Gasteiger partial charge on any atom is -0.696 e. The minimum absolute atomic E-state index is 0. The molecule has 0 aliphatic rings. The van der Waals surface area contributed by atoms with Gasteiger partial charge in [0, 0.05) is 0 Å². The van der Waals surface area contributed by atoms with Crippen molar-refractivity contribution in [3.05, 3.63) is 0 Å². The van der Waals surface area contributed by atoms with Gasteiger partial charge in [0.2, 0.25) is 0 Å². The van der Waals surface area contributed by atoms with Gasteiger partial charge in [0.15, 0.2) is 0 Å². The van der Waals surface area contributed by atoms with Crippen LogP contribution in [0.2, 0.25) is 0 Å². The molecular weight excluding hydrogens is 567 g/mol. The Bertz CT molecular complexity index is 269. The molecule has 0 amide bonds. The topological polar surface area (TPSA) is 143 Å². The summed E-state index contributed by atoms with van der Waals surface area (Å²) < 4.78 is 0. The van der Waals surface area contributed by atoms with Gasteiger partial charge in [0.25, 0.3) is 0 Å². The SMILES string of the molecule is N#C[S-].N#C[S-].N#C[S-].N#C[S-].N#C[S-].N#C[S-].[K+].[K+].[K+].[Ru+3]. The monoisotopic (exact) mass is 567 g/mol. The van der Waals surface area contributed by atoms with Crippen molar-refractivity contribution in [2.75, 3.05) is 0 Å². The maximum atomic E-state index is 7.13. The molecule has 0 bridgehead atoms. The zero-order valence-corrected chi connectivity index (χ0v) is 27.5. The second kappa shape index (κ2) is 146. The summed E-state index contributed by atoms with van der Waals surface area (Å²) in [7, 11) is 0. The van der Waals surface area contributed by atoms with Crippen LogP contribution < -0.4 is 154 Å². The van der Waals surface area contributed by atoms with Gasteiger partial charge in [0.1, 0.15) is 0 Å². The van der Waals surface area contributed by atoms with E-state index in [9.17, 15) is 0 Å². The first-order chi connectivity index (χ1) is 8.49. The smallest absolute Gasteiger partial charge is 0.696 e. The summed E-state index contributed by atoms with van der Waals surface area (Å²) in [6.07, 6.45) is 0. The Hall–Kier alpha value is 3.79. The fourth-order valence-electron chi connectivity index (χ4n) is 0. The maximum Gasteiger partial charge on any atom is 3.00 e. The van der Waals surface area contributed by atoms with E-state index in [1.807, 2.05) is 0 Å². The van der Waals surface area contributed by atoms with E-state index in [0.717, 1.165) is 0 Å². The summed E-state index contributed by atoms with van der Waals surface area (Å²) in [6.45, 7) is 0. The molecule has 0 heterocycles. The fraction of sp³-hybridized carbons (Fsp3) is 0. The van der Waals surface area contributed by atoms with Crippen LogP contribution in [0.3, 0.4) is 0 Å². The van der Waals surface area contributed by atoms with Gasteiger partial charge in [-0.2, -0.15) is 0 Å². The molecule has 0 aromatic rings. The van der Waals surface area contributed by atoms with Crippen molar-refractivity contribution < 1.29 is 174 Å². The predicted octanol–water partition coefficient (Wildman–Crippen LogP) is -8.90. The minimum atomic E-state index is 0. The van der Waals surface area contributed by atoms with Gasteiger partial charge in [-0.15, -0.1) is 0 Å². The molecule has 22 heavy (non-hydrogen) atoms. The van der Waals surface area contributed by atoms with Gasteiger partial charge in [0.05, 0.1) is 0 Å². The third kappa shape index (κ3) is 859. The molecule has 6 nitrogen and oxygen atoms in total. The van der Waals surface area contributed by atoms with E-state index in [1.54, 1.807) is 0 Å². The third-order valence-electron chi connectivity index (χ3n) is 0. The maximum absolute atomic E-state index is 7.13. The molecule has 0 N–H and O–H groups in total. The van der Waals surface area contributed by atoms with Gasteiger partial charge >= 0.3 is 174 Å². The first-order valence-electron chi connectivity index (χ1n) is 2.57.